The van der Waals surface area contributed by atoms with Crippen LogP contribution in [0.5, 0.6) is 0 Å². The third-order valence-corrected chi connectivity index (χ3v) is 11.3. The summed E-state index contributed by atoms with van der Waals surface area (Å²) in [5.41, 5.74) is -5.39. The Balaban J connectivity index is 2.14. The summed E-state index contributed by atoms with van der Waals surface area (Å²) in [7, 11) is -4.44. The zero-order chi connectivity index (χ0) is 40.9. The number of halogens is 1. The lowest BCUT2D eigenvalue weighted by molar-refractivity contribution is -0.156. The minimum atomic E-state index is -4.44. The molecule has 0 bridgehead atoms. The van der Waals surface area contributed by atoms with E-state index in [9.17, 15) is 37.5 Å². The normalized spacial score (nSPS) is 23.1. The van der Waals surface area contributed by atoms with Crippen LogP contribution in [0.2, 0.25) is 0 Å². The highest BCUT2D eigenvalue weighted by molar-refractivity contribution is 9.10. The van der Waals surface area contributed by atoms with Crippen LogP contribution in [-0.2, 0) is 38.2 Å². The number of ether oxygens (including phenoxy) is 2. The molecule has 1 aliphatic heterocycles. The van der Waals surface area contributed by atoms with Crippen LogP contribution in [0.3, 0.4) is 0 Å². The van der Waals surface area contributed by atoms with E-state index in [2.05, 4.69) is 34.4 Å². The molecule has 2 N–H and O–H groups in total. The fourth-order valence-electron chi connectivity index (χ4n) is 6.69. The first-order valence-electron chi connectivity index (χ1n) is 18.0. The number of carboxylic acid groups (broad SMARTS) is 1. The molecule has 1 heterocycles. The number of rotatable bonds is 16. The van der Waals surface area contributed by atoms with Gasteiger partial charge in [0.2, 0.25) is 5.91 Å². The van der Waals surface area contributed by atoms with E-state index in [1.54, 1.807) is 54.5 Å². The lowest BCUT2D eigenvalue weighted by Gasteiger charge is -2.36. The first-order valence-corrected chi connectivity index (χ1v) is 20.2. The van der Waals surface area contributed by atoms with E-state index >= 15 is 0 Å². The number of alkyl carbamates (subject to hydrolysis) is 1. The molecule has 0 radical (unpaired) electrons. The number of hydrogen-bond acceptors (Lipinski definition) is 10. The number of unbranched alkanes of at least 4 members (excludes halogenated alkanes) is 3. The third-order valence-electron chi connectivity index (χ3n) is 9.41. The van der Waals surface area contributed by atoms with E-state index in [-0.39, 0.29) is 24.2 Å². The van der Waals surface area contributed by atoms with Crippen molar-refractivity contribution in [3.05, 3.63) is 54.0 Å². The number of carbonyl (C=O) groups excluding carboxylic acids is 4. The standard InChI is InChI=1S/C38H54BrN3O11S/c1-10-13-14-15-16-17-28(40-33(47)51-35(4,5)6)30(43)41-23-26(53-54(49,50)27-20-18-25(39)19-21-27)22-29(41)31(44)42(34(48)52-36(7,8)9)38(32(45)46)24-37(38,11-2)12-3/h10-11,18-21,26,28-29H,1-2,12-17,22-24H2,3-9H3,(H,40,47)(H,45,46)/t26-,28-,29-,37-,38-/m0/s1. The van der Waals surface area contributed by atoms with Gasteiger partial charge in [-0.15, -0.1) is 13.2 Å². The number of nitrogens with one attached hydrogen (secondary N) is 1. The zero-order valence-corrected chi connectivity index (χ0v) is 34.6. The fourth-order valence-corrected chi connectivity index (χ4v) is 8.04. The van der Waals surface area contributed by atoms with E-state index in [1.165, 1.54) is 30.3 Å². The number of amides is 4. The fraction of sp³-hybridized carbons (Fsp3) is 0.605. The van der Waals surface area contributed by atoms with E-state index in [4.69, 9.17) is 13.7 Å². The van der Waals surface area contributed by atoms with E-state index in [0.717, 1.165) is 17.7 Å². The molecule has 16 heteroatoms. The Morgan fingerprint density at radius 2 is 1.65 bits per heavy atom. The summed E-state index contributed by atoms with van der Waals surface area (Å²) >= 11 is 3.27. The summed E-state index contributed by atoms with van der Waals surface area (Å²) in [6.07, 6.45) is 2.13. The summed E-state index contributed by atoms with van der Waals surface area (Å²) in [5, 5.41) is 13.3. The molecule has 5 atom stereocenters. The molecule has 0 spiro atoms. The van der Waals surface area contributed by atoms with Gasteiger partial charge in [-0.25, -0.2) is 19.3 Å². The van der Waals surface area contributed by atoms with Crippen molar-refractivity contribution >= 4 is 56.0 Å². The average molecular weight is 841 g/mol. The molecular weight excluding hydrogens is 786 g/mol. The molecule has 14 nitrogen and oxygen atoms in total. The molecule has 2 fully saturated rings. The highest BCUT2D eigenvalue weighted by atomic mass is 79.9. The lowest BCUT2D eigenvalue weighted by atomic mass is 9.94. The molecular formula is C38H54BrN3O11S. The molecule has 2 aliphatic rings. The molecule has 3 rings (SSSR count). The number of hydrogen-bond donors (Lipinski definition) is 2. The molecule has 1 aromatic rings. The van der Waals surface area contributed by atoms with E-state index in [1.807, 2.05) is 0 Å². The van der Waals surface area contributed by atoms with Crippen LogP contribution >= 0.6 is 15.9 Å². The summed E-state index contributed by atoms with van der Waals surface area (Å²) in [4.78, 5) is 71.0. The zero-order valence-electron chi connectivity index (χ0n) is 32.2. The Hall–Kier alpha value is -3.76. The van der Waals surface area contributed by atoms with Crippen molar-refractivity contribution in [1.29, 1.82) is 0 Å². The predicted molar refractivity (Wildman–Crippen MR) is 204 cm³/mol. The number of likely N-dealkylation sites (tertiary alicyclic amines) is 1. The van der Waals surface area contributed by atoms with Gasteiger partial charge in [0.05, 0.1) is 11.0 Å². The lowest BCUT2D eigenvalue weighted by Crippen LogP contribution is -2.61. The topological polar surface area (TPSA) is 186 Å². The molecule has 0 aromatic heterocycles. The second kappa shape index (κ2) is 17.4. The second-order valence-electron chi connectivity index (χ2n) is 15.7. The Kier molecular flexibility index (Phi) is 14.4. The van der Waals surface area contributed by atoms with Crippen LogP contribution in [0, 0.1) is 5.41 Å². The Morgan fingerprint density at radius 3 is 2.15 bits per heavy atom. The third kappa shape index (κ3) is 10.5. The van der Waals surface area contributed by atoms with Crippen molar-refractivity contribution < 1.29 is 51.2 Å². The number of nitrogens with zero attached hydrogens (tertiary/aromatic N) is 2. The number of imide groups is 1. The van der Waals surface area contributed by atoms with Gasteiger partial charge in [-0.1, -0.05) is 47.8 Å². The van der Waals surface area contributed by atoms with E-state index < -0.39 is 93.4 Å². The number of carboxylic acids is 1. The van der Waals surface area contributed by atoms with Gasteiger partial charge in [-0.3, -0.25) is 13.8 Å². The van der Waals surface area contributed by atoms with Crippen molar-refractivity contribution in [1.82, 2.24) is 15.1 Å². The van der Waals surface area contributed by atoms with Crippen molar-refractivity contribution in [2.75, 3.05) is 6.54 Å². The van der Waals surface area contributed by atoms with Crippen molar-refractivity contribution in [2.45, 2.75) is 140 Å². The molecule has 4 amide bonds. The van der Waals surface area contributed by atoms with Crippen LogP contribution < -0.4 is 5.32 Å². The monoisotopic (exact) mass is 839 g/mol. The maximum Gasteiger partial charge on any atom is 0.418 e. The quantitative estimate of drug-likeness (QED) is 0.102. The predicted octanol–water partition coefficient (Wildman–Crippen LogP) is 6.73. The van der Waals surface area contributed by atoms with Gasteiger partial charge in [-0.2, -0.15) is 8.42 Å². The van der Waals surface area contributed by atoms with Crippen LogP contribution in [0.15, 0.2) is 58.9 Å². The van der Waals surface area contributed by atoms with Gasteiger partial charge in [-0.05, 0) is 97.9 Å². The number of allylic oxidation sites excluding steroid dienone is 1. The largest absolute Gasteiger partial charge is 0.479 e. The SMILES string of the molecule is C=CCCCCC[C@H](NC(=O)OC(C)(C)C)C(=O)N1C[C@@H](OS(=O)(=O)c2ccc(Br)cc2)C[C@H]1C(=O)N(C(=O)OC(C)(C)C)[C@]1(C(=O)O)C[C@]1(C=C)CC. The van der Waals surface area contributed by atoms with Crippen molar-refractivity contribution in [2.24, 2.45) is 5.41 Å². The first kappa shape index (κ1) is 44.6. The van der Waals surface area contributed by atoms with Gasteiger partial charge in [0.15, 0.2) is 5.54 Å². The van der Waals surface area contributed by atoms with Crippen LogP contribution in [0.1, 0.15) is 99.8 Å². The second-order valence-corrected chi connectivity index (χ2v) is 18.2. The Bertz CT molecular complexity index is 1700. The maximum absolute atomic E-state index is 14.9. The van der Waals surface area contributed by atoms with Crippen molar-refractivity contribution in [3.8, 4) is 0 Å². The molecule has 300 valence electrons. The maximum atomic E-state index is 14.9. The van der Waals surface area contributed by atoms with E-state index in [0.29, 0.717) is 22.2 Å². The van der Waals surface area contributed by atoms with Crippen LogP contribution in [0.25, 0.3) is 0 Å². The minimum absolute atomic E-state index is 0.125. The highest BCUT2D eigenvalue weighted by Gasteiger charge is 2.76. The molecule has 1 saturated heterocycles. The first-order chi connectivity index (χ1) is 25.0. The van der Waals surface area contributed by atoms with Crippen molar-refractivity contribution in [3.63, 3.8) is 0 Å². The number of carbonyl (C=O) groups is 5. The van der Waals surface area contributed by atoms with Gasteiger partial charge in [0, 0.05) is 22.9 Å². The highest BCUT2D eigenvalue weighted by Crippen LogP contribution is 2.63. The summed E-state index contributed by atoms with van der Waals surface area (Å²) < 4.78 is 44.1. The smallest absolute Gasteiger partial charge is 0.418 e. The molecule has 54 heavy (non-hydrogen) atoms. The number of benzene rings is 1. The van der Waals surface area contributed by atoms with Gasteiger partial charge in [0.25, 0.3) is 16.0 Å². The Morgan fingerprint density at radius 1 is 1.04 bits per heavy atom. The van der Waals surface area contributed by atoms with Gasteiger partial charge < -0.3 is 24.8 Å². The average Bonchev–Trinajstić information content (AvgIpc) is 3.56. The van der Waals surface area contributed by atoms with Gasteiger partial charge >= 0.3 is 18.2 Å². The summed E-state index contributed by atoms with van der Waals surface area (Å²) in [6.45, 7) is 18.4. The molecule has 1 saturated carbocycles. The minimum Gasteiger partial charge on any atom is -0.479 e. The summed E-state index contributed by atoms with van der Waals surface area (Å²) in [6, 6.07) is 2.81. The van der Waals surface area contributed by atoms with Crippen LogP contribution in [-0.4, -0.2) is 94.8 Å². The Labute approximate surface area is 326 Å². The van der Waals surface area contributed by atoms with Crippen LogP contribution in [0.4, 0.5) is 9.59 Å². The summed E-state index contributed by atoms with van der Waals surface area (Å²) in [5.74, 6) is -3.36. The molecule has 0 unspecified atom stereocenters. The molecule has 1 aliphatic carbocycles. The molecule has 1 aromatic carbocycles. The van der Waals surface area contributed by atoms with Gasteiger partial charge in [0.1, 0.15) is 23.3 Å². The number of aliphatic carboxylic acids is 1.